The zero-order valence-electron chi connectivity index (χ0n) is 15.0. The van der Waals surface area contributed by atoms with Crippen LogP contribution in [-0.2, 0) is 6.54 Å². The average Bonchev–Trinajstić information content (AvgIpc) is 2.65. The quantitative estimate of drug-likeness (QED) is 0.606. The molecule has 3 aromatic rings. The summed E-state index contributed by atoms with van der Waals surface area (Å²) in [6.07, 6.45) is 4.43. The summed E-state index contributed by atoms with van der Waals surface area (Å²) in [6.45, 7) is 5.29. The molecule has 0 atom stereocenters. The molecule has 0 amide bonds. The van der Waals surface area contributed by atoms with Crippen molar-refractivity contribution in [3.8, 4) is 11.1 Å². The molecule has 1 aliphatic heterocycles. The van der Waals surface area contributed by atoms with Gasteiger partial charge in [-0.25, -0.2) is 0 Å². The maximum absolute atomic E-state index is 2.31. The van der Waals surface area contributed by atoms with Crippen LogP contribution < -0.4 is 9.47 Å². The molecule has 2 heterocycles. The van der Waals surface area contributed by atoms with Gasteiger partial charge in [0.15, 0.2) is 6.20 Å². The van der Waals surface area contributed by atoms with Gasteiger partial charge in [0.1, 0.15) is 6.54 Å². The zero-order chi connectivity index (χ0) is 17.4. The fourth-order valence-electron chi connectivity index (χ4n) is 3.63. The molecule has 124 valence electrons. The Balaban J connectivity index is 1.96. The van der Waals surface area contributed by atoms with E-state index in [1.807, 2.05) is 0 Å². The van der Waals surface area contributed by atoms with E-state index in [-0.39, 0.29) is 0 Å². The van der Waals surface area contributed by atoms with E-state index in [1.165, 1.54) is 39.3 Å². The number of pyridine rings is 1. The lowest BCUT2D eigenvalue weighted by molar-refractivity contribution is -0.695. The number of hydrogen-bond acceptors (Lipinski definition) is 1. The summed E-state index contributed by atoms with van der Waals surface area (Å²) in [5.74, 6) is 0. The van der Waals surface area contributed by atoms with E-state index in [0.29, 0.717) is 0 Å². The van der Waals surface area contributed by atoms with Crippen molar-refractivity contribution < 1.29 is 4.57 Å². The van der Waals surface area contributed by atoms with Gasteiger partial charge in [-0.1, -0.05) is 35.9 Å². The molecule has 0 unspecified atom stereocenters. The Labute approximate surface area is 149 Å². The second-order valence-corrected chi connectivity index (χ2v) is 6.57. The number of fused-ring (bicyclic) bond motifs is 3. The van der Waals surface area contributed by atoms with Crippen molar-refractivity contribution in [1.82, 2.24) is 0 Å². The third-order valence-corrected chi connectivity index (χ3v) is 4.97. The molecule has 1 aliphatic rings. The van der Waals surface area contributed by atoms with Crippen molar-refractivity contribution in [2.75, 3.05) is 11.9 Å². The highest BCUT2D eigenvalue weighted by molar-refractivity contribution is 6.02. The molecule has 25 heavy (non-hydrogen) atoms. The van der Waals surface area contributed by atoms with Gasteiger partial charge in [-0.05, 0) is 37.6 Å². The molecular formula is C23H23N2+. The molecule has 0 saturated carbocycles. The minimum atomic E-state index is 0.959. The van der Waals surface area contributed by atoms with Gasteiger partial charge in [0, 0.05) is 42.1 Å². The third kappa shape index (κ3) is 2.64. The lowest BCUT2D eigenvalue weighted by Gasteiger charge is -2.32. The predicted octanol–water partition coefficient (Wildman–Crippen LogP) is 4.92. The van der Waals surface area contributed by atoms with Crippen LogP contribution >= 0.6 is 0 Å². The van der Waals surface area contributed by atoms with Gasteiger partial charge < -0.3 is 4.90 Å². The highest BCUT2D eigenvalue weighted by atomic mass is 15.1. The van der Waals surface area contributed by atoms with Crippen molar-refractivity contribution in [3.63, 3.8) is 0 Å². The Morgan fingerprint density at radius 1 is 0.920 bits per heavy atom. The van der Waals surface area contributed by atoms with Crippen molar-refractivity contribution in [3.05, 3.63) is 83.7 Å². The number of benzene rings is 2. The first kappa shape index (κ1) is 15.6. The van der Waals surface area contributed by atoms with Crippen LogP contribution in [0, 0.1) is 6.92 Å². The van der Waals surface area contributed by atoms with Gasteiger partial charge in [0.05, 0.1) is 5.70 Å². The Bertz CT molecular complexity index is 969. The SMILES string of the molecule is CC[n+]1ccccc1/C=C1\c2ccccc2-c2cc(C)ccc2N1C. The first-order valence-corrected chi connectivity index (χ1v) is 8.83. The molecule has 0 spiro atoms. The van der Waals surface area contributed by atoms with Crippen LogP contribution in [0.1, 0.15) is 23.7 Å². The summed E-state index contributed by atoms with van der Waals surface area (Å²) in [4.78, 5) is 2.31. The van der Waals surface area contributed by atoms with Crippen LogP contribution in [0.2, 0.25) is 0 Å². The number of aryl methyl sites for hydroxylation is 2. The summed E-state index contributed by atoms with van der Waals surface area (Å²) in [7, 11) is 2.16. The number of aromatic nitrogens is 1. The maximum atomic E-state index is 2.31. The first-order chi connectivity index (χ1) is 12.2. The Morgan fingerprint density at radius 3 is 2.48 bits per heavy atom. The molecule has 0 fully saturated rings. The normalized spacial score (nSPS) is 14.4. The maximum Gasteiger partial charge on any atom is 0.207 e. The van der Waals surface area contributed by atoms with Gasteiger partial charge in [-0.2, -0.15) is 4.57 Å². The van der Waals surface area contributed by atoms with E-state index in [4.69, 9.17) is 0 Å². The summed E-state index contributed by atoms with van der Waals surface area (Å²) in [5, 5.41) is 0. The van der Waals surface area contributed by atoms with Crippen molar-refractivity contribution in [2.45, 2.75) is 20.4 Å². The Kier molecular flexibility index (Phi) is 3.89. The standard InChI is InChI=1S/C23H23N2/c1-4-25-14-8-7-9-18(25)16-23-20-11-6-5-10-19(20)21-15-17(2)12-13-22(21)24(23)3/h5-16H,4H2,1-3H3/q+1. The van der Waals surface area contributed by atoms with Gasteiger partial charge in [-0.3, -0.25) is 0 Å². The Morgan fingerprint density at radius 2 is 1.68 bits per heavy atom. The smallest absolute Gasteiger partial charge is 0.207 e. The van der Waals surface area contributed by atoms with E-state index in [0.717, 1.165) is 6.54 Å². The number of rotatable bonds is 2. The summed E-state index contributed by atoms with van der Waals surface area (Å²) >= 11 is 0. The van der Waals surface area contributed by atoms with Crippen molar-refractivity contribution in [1.29, 1.82) is 0 Å². The predicted molar refractivity (Wildman–Crippen MR) is 105 cm³/mol. The first-order valence-electron chi connectivity index (χ1n) is 8.83. The van der Waals surface area contributed by atoms with Crippen LogP contribution in [0.25, 0.3) is 22.9 Å². The topological polar surface area (TPSA) is 7.12 Å². The molecule has 4 rings (SSSR count). The van der Waals surface area contributed by atoms with E-state index in [1.54, 1.807) is 0 Å². The second kappa shape index (κ2) is 6.21. The highest BCUT2D eigenvalue weighted by Crippen LogP contribution is 2.44. The third-order valence-electron chi connectivity index (χ3n) is 4.97. The van der Waals surface area contributed by atoms with Gasteiger partial charge in [0.2, 0.25) is 5.69 Å². The van der Waals surface area contributed by atoms with E-state index in [2.05, 4.69) is 103 Å². The number of anilines is 1. The minimum absolute atomic E-state index is 0.959. The fourth-order valence-corrected chi connectivity index (χ4v) is 3.63. The van der Waals surface area contributed by atoms with Crippen LogP contribution in [0.3, 0.4) is 0 Å². The molecule has 0 N–H and O–H groups in total. The molecule has 0 radical (unpaired) electrons. The van der Waals surface area contributed by atoms with Crippen LogP contribution in [0.5, 0.6) is 0 Å². The summed E-state index contributed by atoms with van der Waals surface area (Å²) < 4.78 is 2.27. The lowest BCUT2D eigenvalue weighted by Crippen LogP contribution is -2.35. The average molecular weight is 327 g/mol. The monoisotopic (exact) mass is 327 g/mol. The van der Waals surface area contributed by atoms with E-state index < -0.39 is 0 Å². The fraction of sp³-hybridized carbons (Fsp3) is 0.174. The molecule has 0 saturated heterocycles. The van der Waals surface area contributed by atoms with Crippen molar-refractivity contribution in [2.24, 2.45) is 0 Å². The van der Waals surface area contributed by atoms with Gasteiger partial charge in [-0.15, -0.1) is 0 Å². The lowest BCUT2D eigenvalue weighted by atomic mass is 9.90. The second-order valence-electron chi connectivity index (χ2n) is 6.57. The molecule has 1 aromatic heterocycles. The van der Waals surface area contributed by atoms with Crippen molar-refractivity contribution >= 4 is 17.5 Å². The molecule has 2 nitrogen and oxygen atoms in total. The largest absolute Gasteiger partial charge is 0.343 e. The van der Waals surface area contributed by atoms with E-state index >= 15 is 0 Å². The summed E-state index contributed by atoms with van der Waals surface area (Å²) in [5.41, 5.74) is 8.92. The van der Waals surface area contributed by atoms with Gasteiger partial charge >= 0.3 is 0 Å². The van der Waals surface area contributed by atoms with Crippen LogP contribution in [0.15, 0.2) is 66.9 Å². The number of nitrogens with zero attached hydrogens (tertiary/aromatic N) is 2. The molecule has 2 heteroatoms. The van der Waals surface area contributed by atoms with E-state index in [9.17, 15) is 0 Å². The van der Waals surface area contributed by atoms with Crippen LogP contribution in [-0.4, -0.2) is 7.05 Å². The van der Waals surface area contributed by atoms with Gasteiger partial charge in [0.25, 0.3) is 0 Å². The highest BCUT2D eigenvalue weighted by Gasteiger charge is 2.24. The summed E-state index contributed by atoms with van der Waals surface area (Å²) in [6, 6.07) is 21.8. The molecule has 2 aromatic carbocycles. The number of hydrogen-bond donors (Lipinski definition) is 0. The Hall–Kier alpha value is -2.87. The minimum Gasteiger partial charge on any atom is -0.343 e. The molecule has 0 aliphatic carbocycles. The van der Waals surface area contributed by atoms with Crippen LogP contribution in [0.4, 0.5) is 5.69 Å². The zero-order valence-corrected chi connectivity index (χ0v) is 15.0. The molecule has 0 bridgehead atoms. The molecular weight excluding hydrogens is 304 g/mol.